The van der Waals surface area contributed by atoms with Gasteiger partial charge in [-0.2, -0.15) is 0 Å². The summed E-state index contributed by atoms with van der Waals surface area (Å²) in [5.41, 5.74) is 1.90. The van der Waals surface area contributed by atoms with Gasteiger partial charge in [0.25, 0.3) is 0 Å². The van der Waals surface area contributed by atoms with Gasteiger partial charge in [0.15, 0.2) is 0 Å². The average molecular weight is 438 g/mol. The zero-order chi connectivity index (χ0) is 19.2. The summed E-state index contributed by atoms with van der Waals surface area (Å²) < 4.78 is 0. The molecule has 154 valence electrons. The first-order chi connectivity index (χ1) is 12.9. The van der Waals surface area contributed by atoms with E-state index in [1.807, 2.05) is 0 Å². The third-order valence-electron chi connectivity index (χ3n) is 9.50. The van der Waals surface area contributed by atoms with E-state index >= 15 is 0 Å². The van der Waals surface area contributed by atoms with Crippen LogP contribution < -0.4 is 0 Å². The Morgan fingerprint density at radius 2 is 1.93 bits per heavy atom. The largest absolute Gasteiger partial charge is 0.390 e. The lowest BCUT2D eigenvalue weighted by molar-refractivity contribution is -0.102. The SMILES string of the molecule is CCCC[C@@]1(O)CC[C@H]2[C@H](CC[C@@H]3[C@@H]2CC[C@]2(C)C([C@@H](C)CBr)=CC[C@@H]32)C1. The molecule has 8 atom stereocenters. The Hall–Kier alpha value is 0.180. The van der Waals surface area contributed by atoms with Crippen LogP contribution in [0, 0.1) is 40.9 Å². The Morgan fingerprint density at radius 1 is 1.15 bits per heavy atom. The number of unbranched alkanes of at least 4 members (excludes halogenated alkanes) is 1. The van der Waals surface area contributed by atoms with Gasteiger partial charge in [0.05, 0.1) is 5.60 Å². The number of halogens is 1. The van der Waals surface area contributed by atoms with E-state index in [1.165, 1.54) is 51.4 Å². The highest BCUT2D eigenvalue weighted by Crippen LogP contribution is 2.64. The summed E-state index contributed by atoms with van der Waals surface area (Å²) >= 11 is 3.74. The Balaban J connectivity index is 1.47. The van der Waals surface area contributed by atoms with E-state index in [0.717, 1.165) is 54.2 Å². The normalized spacial score (nSPS) is 47.6. The smallest absolute Gasteiger partial charge is 0.0650 e. The van der Waals surface area contributed by atoms with Crippen LogP contribution in [-0.2, 0) is 0 Å². The molecule has 0 aromatic rings. The predicted molar refractivity (Wildman–Crippen MR) is 118 cm³/mol. The first-order valence-electron chi connectivity index (χ1n) is 11.9. The lowest BCUT2D eigenvalue weighted by Gasteiger charge is -2.57. The van der Waals surface area contributed by atoms with Crippen LogP contribution in [0.5, 0.6) is 0 Å². The lowest BCUT2D eigenvalue weighted by Crippen LogP contribution is -2.50. The third-order valence-corrected chi connectivity index (χ3v) is 10.5. The molecule has 27 heavy (non-hydrogen) atoms. The molecule has 3 fully saturated rings. The molecule has 0 aliphatic heterocycles. The highest BCUT2D eigenvalue weighted by atomic mass is 79.9. The van der Waals surface area contributed by atoms with Crippen LogP contribution in [0.1, 0.15) is 91.4 Å². The van der Waals surface area contributed by atoms with Gasteiger partial charge in [-0.15, -0.1) is 0 Å². The van der Waals surface area contributed by atoms with Gasteiger partial charge in [0.1, 0.15) is 0 Å². The van der Waals surface area contributed by atoms with Crippen LogP contribution in [0.4, 0.5) is 0 Å². The third kappa shape index (κ3) is 3.49. The van der Waals surface area contributed by atoms with Gasteiger partial charge in [0.2, 0.25) is 0 Å². The van der Waals surface area contributed by atoms with Crippen LogP contribution in [0.15, 0.2) is 11.6 Å². The van der Waals surface area contributed by atoms with Crippen molar-refractivity contribution in [1.29, 1.82) is 0 Å². The van der Waals surface area contributed by atoms with Gasteiger partial charge in [-0.1, -0.05) is 61.2 Å². The van der Waals surface area contributed by atoms with Crippen LogP contribution in [0.3, 0.4) is 0 Å². The molecular weight excluding hydrogens is 396 g/mol. The Labute approximate surface area is 175 Å². The van der Waals surface area contributed by atoms with Crippen molar-refractivity contribution in [2.45, 2.75) is 97.0 Å². The van der Waals surface area contributed by atoms with Gasteiger partial charge in [0, 0.05) is 5.33 Å². The number of aliphatic hydroxyl groups is 1. The Morgan fingerprint density at radius 3 is 2.67 bits per heavy atom. The molecule has 0 amide bonds. The molecule has 0 unspecified atom stereocenters. The van der Waals surface area contributed by atoms with Crippen LogP contribution in [0.2, 0.25) is 0 Å². The summed E-state index contributed by atoms with van der Waals surface area (Å²) in [6.07, 6.45) is 16.6. The first kappa shape index (κ1) is 20.5. The van der Waals surface area contributed by atoms with Gasteiger partial charge < -0.3 is 5.11 Å². The predicted octanol–water partition coefficient (Wildman–Crippen LogP) is 7.13. The maximum atomic E-state index is 11.1. The molecule has 2 heteroatoms. The van der Waals surface area contributed by atoms with Crippen molar-refractivity contribution in [2.75, 3.05) is 5.33 Å². The number of alkyl halides is 1. The van der Waals surface area contributed by atoms with E-state index in [9.17, 15) is 5.11 Å². The maximum absolute atomic E-state index is 11.1. The second kappa shape index (κ2) is 7.78. The second-order valence-electron chi connectivity index (χ2n) is 10.9. The zero-order valence-corrected chi connectivity index (χ0v) is 19.4. The Bertz CT molecular complexity index is 571. The topological polar surface area (TPSA) is 20.2 Å². The number of fused-ring (bicyclic) bond motifs is 5. The summed E-state index contributed by atoms with van der Waals surface area (Å²) in [4.78, 5) is 0. The summed E-state index contributed by atoms with van der Waals surface area (Å²) in [6.45, 7) is 7.26. The van der Waals surface area contributed by atoms with Gasteiger partial charge >= 0.3 is 0 Å². The fourth-order valence-electron chi connectivity index (χ4n) is 8.14. The van der Waals surface area contributed by atoms with Crippen molar-refractivity contribution in [3.05, 3.63) is 11.6 Å². The van der Waals surface area contributed by atoms with Crippen molar-refractivity contribution in [2.24, 2.45) is 40.9 Å². The molecule has 4 aliphatic carbocycles. The van der Waals surface area contributed by atoms with Crippen molar-refractivity contribution < 1.29 is 5.11 Å². The van der Waals surface area contributed by atoms with E-state index in [0.29, 0.717) is 11.3 Å². The molecule has 0 aromatic heterocycles. The molecule has 0 aromatic carbocycles. The number of hydrogen-bond acceptors (Lipinski definition) is 1. The van der Waals surface area contributed by atoms with Crippen LogP contribution in [-0.4, -0.2) is 16.0 Å². The maximum Gasteiger partial charge on any atom is 0.0650 e. The van der Waals surface area contributed by atoms with E-state index in [1.54, 1.807) is 5.57 Å². The van der Waals surface area contributed by atoms with E-state index in [4.69, 9.17) is 0 Å². The molecule has 1 N–H and O–H groups in total. The Kier molecular flexibility index (Phi) is 5.90. The fourth-order valence-corrected chi connectivity index (χ4v) is 8.49. The molecule has 1 nitrogen and oxygen atoms in total. The van der Waals surface area contributed by atoms with E-state index in [2.05, 4.69) is 42.8 Å². The zero-order valence-electron chi connectivity index (χ0n) is 17.9. The quantitative estimate of drug-likeness (QED) is 0.358. The minimum absolute atomic E-state index is 0.333. The monoisotopic (exact) mass is 436 g/mol. The van der Waals surface area contributed by atoms with E-state index in [-0.39, 0.29) is 5.60 Å². The van der Waals surface area contributed by atoms with Crippen LogP contribution in [0.25, 0.3) is 0 Å². The van der Waals surface area contributed by atoms with Crippen LogP contribution >= 0.6 is 15.9 Å². The molecule has 0 saturated heterocycles. The summed E-state index contributed by atoms with van der Waals surface area (Å²) in [6, 6.07) is 0. The van der Waals surface area contributed by atoms with Crippen molar-refractivity contribution >= 4 is 15.9 Å². The second-order valence-corrected chi connectivity index (χ2v) is 11.6. The van der Waals surface area contributed by atoms with Gasteiger partial charge in [-0.05, 0) is 98.7 Å². The fraction of sp³-hybridized carbons (Fsp3) is 0.920. The standard InChI is InChI=1S/C25H41BrO/c1-4-5-12-25(27)14-11-19-18(15-25)6-7-21-20(19)10-13-24(3)22(17(2)16-26)8-9-23(21)24/h8,17-21,23,27H,4-7,9-16H2,1-3H3/t17-,18+,19-,20+,21+,23-,24+,25+/m0/s1. The molecule has 0 heterocycles. The number of hydrogen-bond donors (Lipinski definition) is 1. The van der Waals surface area contributed by atoms with Crippen molar-refractivity contribution in [1.82, 2.24) is 0 Å². The summed E-state index contributed by atoms with van der Waals surface area (Å²) in [5.74, 6) is 5.20. The molecule has 0 bridgehead atoms. The number of allylic oxidation sites excluding steroid dienone is 2. The van der Waals surface area contributed by atoms with E-state index < -0.39 is 0 Å². The minimum Gasteiger partial charge on any atom is -0.390 e. The number of rotatable bonds is 5. The summed E-state index contributed by atoms with van der Waals surface area (Å²) in [7, 11) is 0. The van der Waals surface area contributed by atoms with Crippen molar-refractivity contribution in [3.63, 3.8) is 0 Å². The highest BCUT2D eigenvalue weighted by Gasteiger charge is 2.55. The molecule has 4 rings (SSSR count). The van der Waals surface area contributed by atoms with Gasteiger partial charge in [-0.3, -0.25) is 0 Å². The van der Waals surface area contributed by atoms with Crippen molar-refractivity contribution in [3.8, 4) is 0 Å². The molecule has 0 radical (unpaired) electrons. The molecule has 4 aliphatic rings. The summed E-state index contributed by atoms with van der Waals surface area (Å²) in [5, 5.41) is 12.2. The first-order valence-corrected chi connectivity index (χ1v) is 13.0. The lowest BCUT2D eigenvalue weighted by atomic mass is 9.48. The van der Waals surface area contributed by atoms with Gasteiger partial charge in [-0.25, -0.2) is 0 Å². The highest BCUT2D eigenvalue weighted by molar-refractivity contribution is 9.09. The average Bonchev–Trinajstić information content (AvgIpc) is 3.02. The molecular formula is C25H41BrO. The molecule has 0 spiro atoms. The molecule has 3 saturated carbocycles. The minimum atomic E-state index is -0.333.